The highest BCUT2D eigenvalue weighted by Crippen LogP contribution is 2.29. The van der Waals surface area contributed by atoms with Gasteiger partial charge in [0, 0.05) is 22.0 Å². The molecule has 0 radical (unpaired) electrons. The maximum atomic E-state index is 3.49. The van der Waals surface area contributed by atoms with Crippen molar-refractivity contribution in [3.05, 3.63) is 28.7 Å². The van der Waals surface area contributed by atoms with Gasteiger partial charge in [0.2, 0.25) is 0 Å². The van der Waals surface area contributed by atoms with E-state index in [4.69, 9.17) is 0 Å². The quantitative estimate of drug-likeness (QED) is 0.824. The van der Waals surface area contributed by atoms with Crippen molar-refractivity contribution in [2.45, 2.75) is 37.1 Å². The highest BCUT2D eigenvalue weighted by molar-refractivity contribution is 9.10. The molecule has 0 amide bonds. The summed E-state index contributed by atoms with van der Waals surface area (Å²) in [6.45, 7) is 5.75. The topological polar surface area (TPSA) is 15.3 Å². The molecule has 1 aromatic carbocycles. The molecule has 0 atom stereocenters. The van der Waals surface area contributed by atoms with Gasteiger partial charge in [-0.05, 0) is 68.6 Å². The molecule has 1 saturated heterocycles. The van der Waals surface area contributed by atoms with E-state index in [0.29, 0.717) is 0 Å². The molecule has 1 fully saturated rings. The van der Waals surface area contributed by atoms with Gasteiger partial charge in [0.1, 0.15) is 0 Å². The second-order valence-corrected chi connectivity index (χ2v) is 6.71. The van der Waals surface area contributed by atoms with Crippen molar-refractivity contribution in [2.75, 3.05) is 19.6 Å². The lowest BCUT2D eigenvalue weighted by Crippen LogP contribution is -2.40. The average molecular weight is 329 g/mol. The zero-order valence-electron chi connectivity index (χ0n) is 10.9. The molecule has 1 heterocycles. The fraction of sp³-hybridized carbons (Fsp3) is 0.571. The Bertz CT molecular complexity index is 349. The minimum Gasteiger partial charge on any atom is -0.317 e. The van der Waals surface area contributed by atoms with Gasteiger partial charge in [-0.1, -0.05) is 22.9 Å². The lowest BCUT2D eigenvalue weighted by molar-refractivity contribution is 0.283. The molecule has 0 unspecified atom stereocenters. The van der Waals surface area contributed by atoms with E-state index in [1.165, 1.54) is 30.7 Å². The predicted molar refractivity (Wildman–Crippen MR) is 82.9 cm³/mol. The number of nitrogens with one attached hydrogen (secondary N) is 1. The van der Waals surface area contributed by atoms with Crippen molar-refractivity contribution in [3.8, 4) is 0 Å². The number of rotatable bonds is 5. The van der Waals surface area contributed by atoms with Crippen molar-refractivity contribution in [1.82, 2.24) is 9.62 Å². The van der Waals surface area contributed by atoms with E-state index in [2.05, 4.69) is 56.7 Å². The van der Waals surface area contributed by atoms with Gasteiger partial charge in [-0.15, -0.1) is 0 Å². The first-order valence-corrected chi connectivity index (χ1v) is 8.27. The average Bonchev–Trinajstić information content (AvgIpc) is 2.42. The van der Waals surface area contributed by atoms with Gasteiger partial charge in [-0.25, -0.2) is 4.31 Å². The minimum absolute atomic E-state index is 0.722. The van der Waals surface area contributed by atoms with Crippen LogP contribution in [0.3, 0.4) is 0 Å². The standard InChI is InChI=1S/C14H21BrN2S/c1-2-11-17(13-7-9-16-10-8-13)18-14-5-3-12(15)4-6-14/h3-6,13,16H,2,7-11H2,1H3. The van der Waals surface area contributed by atoms with Crippen molar-refractivity contribution in [3.63, 3.8) is 0 Å². The third-order valence-electron chi connectivity index (χ3n) is 3.20. The highest BCUT2D eigenvalue weighted by atomic mass is 79.9. The van der Waals surface area contributed by atoms with Crippen LogP contribution in [0.4, 0.5) is 0 Å². The van der Waals surface area contributed by atoms with Crippen LogP contribution in [0.1, 0.15) is 26.2 Å². The molecule has 18 heavy (non-hydrogen) atoms. The molecule has 100 valence electrons. The second kappa shape index (κ2) is 7.53. The third kappa shape index (κ3) is 4.26. The largest absolute Gasteiger partial charge is 0.317 e. The van der Waals surface area contributed by atoms with E-state index >= 15 is 0 Å². The van der Waals surface area contributed by atoms with Crippen LogP contribution in [0.2, 0.25) is 0 Å². The second-order valence-electron chi connectivity index (χ2n) is 4.67. The van der Waals surface area contributed by atoms with Gasteiger partial charge < -0.3 is 5.32 Å². The minimum atomic E-state index is 0.722. The van der Waals surface area contributed by atoms with Crippen LogP contribution in [0.15, 0.2) is 33.6 Å². The summed E-state index contributed by atoms with van der Waals surface area (Å²) in [6.07, 6.45) is 3.75. The Balaban J connectivity index is 1.98. The summed E-state index contributed by atoms with van der Waals surface area (Å²) in [6, 6.07) is 9.35. The first kappa shape index (κ1) is 14.4. The Kier molecular flexibility index (Phi) is 6.02. The monoisotopic (exact) mass is 328 g/mol. The van der Waals surface area contributed by atoms with E-state index < -0.39 is 0 Å². The smallest absolute Gasteiger partial charge is 0.0231 e. The number of piperidine rings is 1. The Morgan fingerprint density at radius 2 is 1.94 bits per heavy atom. The van der Waals surface area contributed by atoms with Crippen LogP contribution in [0, 0.1) is 0 Å². The third-order valence-corrected chi connectivity index (χ3v) is 4.92. The number of benzene rings is 1. The normalized spacial score (nSPS) is 17.3. The van der Waals surface area contributed by atoms with Gasteiger partial charge in [0.05, 0.1) is 0 Å². The summed E-state index contributed by atoms with van der Waals surface area (Å²) in [5, 5.41) is 3.44. The molecule has 4 heteroatoms. The Hall–Kier alpha value is -0.0300. The molecule has 1 aliphatic rings. The summed E-state index contributed by atoms with van der Waals surface area (Å²) in [4.78, 5) is 1.34. The van der Waals surface area contributed by atoms with Crippen molar-refractivity contribution in [1.29, 1.82) is 0 Å². The molecular weight excluding hydrogens is 308 g/mol. The molecule has 1 N–H and O–H groups in total. The summed E-state index contributed by atoms with van der Waals surface area (Å²) in [5.74, 6) is 0. The fourth-order valence-electron chi connectivity index (χ4n) is 2.25. The lowest BCUT2D eigenvalue weighted by atomic mass is 10.1. The molecule has 0 aromatic heterocycles. The maximum absolute atomic E-state index is 3.49. The zero-order chi connectivity index (χ0) is 12.8. The summed E-state index contributed by atoms with van der Waals surface area (Å²) in [5.41, 5.74) is 0. The van der Waals surface area contributed by atoms with Crippen LogP contribution in [0.25, 0.3) is 0 Å². The first-order valence-electron chi connectivity index (χ1n) is 6.70. The van der Waals surface area contributed by atoms with Crippen LogP contribution < -0.4 is 5.32 Å². The lowest BCUT2D eigenvalue weighted by Gasteiger charge is -2.33. The fourth-order valence-corrected chi connectivity index (χ4v) is 3.68. The van der Waals surface area contributed by atoms with Crippen molar-refractivity contribution < 1.29 is 0 Å². The molecule has 0 aliphatic carbocycles. The van der Waals surface area contributed by atoms with Gasteiger partial charge in [0.15, 0.2) is 0 Å². The molecule has 0 spiro atoms. The predicted octanol–water partition coefficient (Wildman–Crippen LogP) is 3.92. The number of hydrogen-bond acceptors (Lipinski definition) is 3. The zero-order valence-corrected chi connectivity index (χ0v) is 13.3. The van der Waals surface area contributed by atoms with Gasteiger partial charge >= 0.3 is 0 Å². The number of hydrogen-bond donors (Lipinski definition) is 1. The summed E-state index contributed by atoms with van der Waals surface area (Å²) < 4.78 is 3.72. The Morgan fingerprint density at radius 3 is 2.56 bits per heavy atom. The van der Waals surface area contributed by atoms with Gasteiger partial charge in [-0.3, -0.25) is 0 Å². The Labute approximate surface area is 123 Å². The van der Waals surface area contributed by atoms with E-state index in [1.807, 2.05) is 11.9 Å². The van der Waals surface area contributed by atoms with Crippen LogP contribution in [0.5, 0.6) is 0 Å². The van der Waals surface area contributed by atoms with Crippen LogP contribution >= 0.6 is 27.9 Å². The first-order chi connectivity index (χ1) is 8.79. The van der Waals surface area contributed by atoms with E-state index in [-0.39, 0.29) is 0 Å². The van der Waals surface area contributed by atoms with E-state index in [9.17, 15) is 0 Å². The van der Waals surface area contributed by atoms with Gasteiger partial charge in [0.25, 0.3) is 0 Å². The van der Waals surface area contributed by atoms with Crippen molar-refractivity contribution in [2.24, 2.45) is 0 Å². The number of halogens is 1. The Morgan fingerprint density at radius 1 is 1.28 bits per heavy atom. The molecular formula is C14H21BrN2S. The maximum Gasteiger partial charge on any atom is 0.0231 e. The highest BCUT2D eigenvalue weighted by Gasteiger charge is 2.21. The van der Waals surface area contributed by atoms with E-state index in [1.54, 1.807) is 0 Å². The molecule has 2 rings (SSSR count). The van der Waals surface area contributed by atoms with Crippen LogP contribution in [-0.2, 0) is 0 Å². The SMILES string of the molecule is CCCN(Sc1ccc(Br)cc1)C1CCNCC1. The summed E-state index contributed by atoms with van der Waals surface area (Å²) >= 11 is 5.40. The molecule has 1 aliphatic heterocycles. The summed E-state index contributed by atoms with van der Waals surface area (Å²) in [7, 11) is 0. The van der Waals surface area contributed by atoms with Gasteiger partial charge in [-0.2, -0.15) is 0 Å². The molecule has 0 bridgehead atoms. The number of nitrogens with zero attached hydrogens (tertiary/aromatic N) is 1. The van der Waals surface area contributed by atoms with Crippen LogP contribution in [-0.4, -0.2) is 30.0 Å². The van der Waals surface area contributed by atoms with Crippen molar-refractivity contribution >= 4 is 27.9 Å². The molecule has 0 saturated carbocycles. The molecule has 2 nitrogen and oxygen atoms in total. The van der Waals surface area contributed by atoms with E-state index in [0.717, 1.165) is 23.6 Å². The molecule has 1 aromatic rings.